The molecule has 0 unspecified atom stereocenters. The highest BCUT2D eigenvalue weighted by molar-refractivity contribution is 5.86. The average molecular weight is 276 g/mol. The Labute approximate surface area is 118 Å². The Hall–Kier alpha value is -1.88. The summed E-state index contributed by atoms with van der Waals surface area (Å²) in [5.74, 6) is -1.12. The predicted molar refractivity (Wildman–Crippen MR) is 75.3 cm³/mol. The van der Waals surface area contributed by atoms with Crippen molar-refractivity contribution >= 4 is 11.9 Å². The van der Waals surface area contributed by atoms with Gasteiger partial charge in [-0.25, -0.2) is 0 Å². The SMILES string of the molecule is CC(C)N(CC(=O)O)C(=O)[C@@H]1Cc2ccccc2CN1. The zero-order valence-corrected chi connectivity index (χ0v) is 11.8. The molecule has 20 heavy (non-hydrogen) atoms. The molecule has 1 atom stereocenters. The summed E-state index contributed by atoms with van der Waals surface area (Å²) in [5, 5.41) is 12.1. The van der Waals surface area contributed by atoms with Crippen LogP contribution in [0.25, 0.3) is 0 Å². The molecule has 5 heteroatoms. The number of fused-ring (bicyclic) bond motifs is 1. The van der Waals surface area contributed by atoms with Crippen LogP contribution in [0.3, 0.4) is 0 Å². The van der Waals surface area contributed by atoms with E-state index in [1.54, 1.807) is 0 Å². The molecule has 0 radical (unpaired) electrons. The molecule has 1 aromatic carbocycles. The summed E-state index contributed by atoms with van der Waals surface area (Å²) >= 11 is 0. The Balaban J connectivity index is 2.11. The Morgan fingerprint density at radius 3 is 2.60 bits per heavy atom. The first-order chi connectivity index (χ1) is 9.49. The van der Waals surface area contributed by atoms with Crippen LogP contribution in [0.1, 0.15) is 25.0 Å². The first-order valence-electron chi connectivity index (χ1n) is 6.81. The van der Waals surface area contributed by atoms with Crippen LogP contribution in [-0.4, -0.2) is 40.5 Å². The van der Waals surface area contributed by atoms with E-state index in [1.165, 1.54) is 10.5 Å². The predicted octanol–water partition coefficient (Wildman–Crippen LogP) is 1.02. The Bertz CT molecular complexity index is 514. The van der Waals surface area contributed by atoms with Gasteiger partial charge in [-0.3, -0.25) is 9.59 Å². The number of hydrogen-bond acceptors (Lipinski definition) is 3. The summed E-state index contributed by atoms with van der Waals surface area (Å²) in [6.45, 7) is 4.05. The van der Waals surface area contributed by atoms with Gasteiger partial charge in [-0.15, -0.1) is 0 Å². The van der Waals surface area contributed by atoms with E-state index in [0.29, 0.717) is 13.0 Å². The van der Waals surface area contributed by atoms with Crippen LogP contribution in [0.15, 0.2) is 24.3 Å². The molecule has 0 saturated heterocycles. The van der Waals surface area contributed by atoms with Crippen LogP contribution in [0.4, 0.5) is 0 Å². The lowest BCUT2D eigenvalue weighted by molar-refractivity contribution is -0.146. The second-order valence-corrected chi connectivity index (χ2v) is 5.36. The first-order valence-corrected chi connectivity index (χ1v) is 6.81. The van der Waals surface area contributed by atoms with Gasteiger partial charge < -0.3 is 15.3 Å². The van der Waals surface area contributed by atoms with Gasteiger partial charge in [0.1, 0.15) is 6.54 Å². The Morgan fingerprint density at radius 2 is 2.00 bits per heavy atom. The number of carbonyl (C=O) groups is 2. The molecule has 1 heterocycles. The fourth-order valence-corrected chi connectivity index (χ4v) is 2.49. The summed E-state index contributed by atoms with van der Waals surface area (Å²) < 4.78 is 0. The number of carboxylic acid groups (broad SMARTS) is 1. The highest BCUT2D eigenvalue weighted by Gasteiger charge is 2.30. The number of rotatable bonds is 4. The van der Waals surface area contributed by atoms with Crippen molar-refractivity contribution < 1.29 is 14.7 Å². The molecular weight excluding hydrogens is 256 g/mol. The minimum Gasteiger partial charge on any atom is -0.480 e. The maximum Gasteiger partial charge on any atom is 0.323 e. The fraction of sp³-hybridized carbons (Fsp3) is 0.467. The van der Waals surface area contributed by atoms with E-state index in [0.717, 1.165) is 5.56 Å². The van der Waals surface area contributed by atoms with Crippen LogP contribution in [0.5, 0.6) is 0 Å². The van der Waals surface area contributed by atoms with E-state index in [9.17, 15) is 9.59 Å². The van der Waals surface area contributed by atoms with Gasteiger partial charge in [0.05, 0.1) is 6.04 Å². The molecule has 5 nitrogen and oxygen atoms in total. The standard InChI is InChI=1S/C15H20N2O3/c1-10(2)17(9-14(18)19)15(20)13-7-11-5-3-4-6-12(11)8-16-13/h3-6,10,13,16H,7-9H2,1-2H3,(H,18,19)/t13-/m0/s1. The molecule has 0 saturated carbocycles. The average Bonchev–Trinajstić information content (AvgIpc) is 2.43. The first kappa shape index (κ1) is 14.5. The maximum atomic E-state index is 12.5. The third-order valence-electron chi connectivity index (χ3n) is 3.59. The summed E-state index contributed by atoms with van der Waals surface area (Å²) in [4.78, 5) is 24.8. The van der Waals surface area contributed by atoms with Crippen LogP contribution in [0.2, 0.25) is 0 Å². The van der Waals surface area contributed by atoms with Crippen LogP contribution < -0.4 is 5.32 Å². The molecule has 108 valence electrons. The third-order valence-corrected chi connectivity index (χ3v) is 3.59. The zero-order chi connectivity index (χ0) is 14.7. The van der Waals surface area contributed by atoms with Crippen LogP contribution in [0, 0.1) is 0 Å². The van der Waals surface area contributed by atoms with Crippen molar-refractivity contribution in [3.8, 4) is 0 Å². The maximum absolute atomic E-state index is 12.5. The van der Waals surface area contributed by atoms with Crippen LogP contribution >= 0.6 is 0 Å². The van der Waals surface area contributed by atoms with E-state index in [1.807, 2.05) is 38.1 Å². The Morgan fingerprint density at radius 1 is 1.35 bits per heavy atom. The minimum absolute atomic E-state index is 0.127. The monoisotopic (exact) mass is 276 g/mol. The van der Waals surface area contributed by atoms with Crippen molar-refractivity contribution in [3.05, 3.63) is 35.4 Å². The van der Waals surface area contributed by atoms with Crippen molar-refractivity contribution in [1.82, 2.24) is 10.2 Å². The fourth-order valence-electron chi connectivity index (χ4n) is 2.49. The zero-order valence-electron chi connectivity index (χ0n) is 11.8. The lowest BCUT2D eigenvalue weighted by Crippen LogP contribution is -2.52. The van der Waals surface area contributed by atoms with E-state index in [-0.39, 0.29) is 24.5 Å². The summed E-state index contributed by atoms with van der Waals surface area (Å²) in [7, 11) is 0. The molecule has 0 fully saturated rings. The number of carbonyl (C=O) groups excluding carboxylic acids is 1. The molecule has 0 aromatic heterocycles. The smallest absolute Gasteiger partial charge is 0.323 e. The molecule has 0 spiro atoms. The van der Waals surface area contributed by atoms with Gasteiger partial charge in [0.15, 0.2) is 0 Å². The summed E-state index contributed by atoms with van der Waals surface area (Å²) in [6.07, 6.45) is 0.609. The van der Waals surface area contributed by atoms with Crippen LogP contribution in [-0.2, 0) is 22.6 Å². The number of carboxylic acids is 1. The molecule has 1 aliphatic rings. The molecule has 0 aliphatic carbocycles. The topological polar surface area (TPSA) is 69.6 Å². The normalized spacial score (nSPS) is 17.6. The molecule has 0 bridgehead atoms. The van der Waals surface area contributed by atoms with Crippen molar-refractivity contribution in [2.75, 3.05) is 6.54 Å². The Kier molecular flexibility index (Phi) is 4.39. The van der Waals surface area contributed by atoms with Crippen molar-refractivity contribution in [2.45, 2.75) is 38.9 Å². The molecule has 1 amide bonds. The van der Waals surface area contributed by atoms with Gasteiger partial charge in [-0.1, -0.05) is 24.3 Å². The molecule has 1 aliphatic heterocycles. The second kappa shape index (κ2) is 6.05. The van der Waals surface area contributed by atoms with Crippen molar-refractivity contribution in [2.24, 2.45) is 0 Å². The van der Waals surface area contributed by atoms with Crippen molar-refractivity contribution in [3.63, 3.8) is 0 Å². The van der Waals surface area contributed by atoms with E-state index < -0.39 is 5.97 Å². The van der Waals surface area contributed by atoms with Gasteiger partial charge in [0.2, 0.25) is 5.91 Å². The highest BCUT2D eigenvalue weighted by atomic mass is 16.4. The minimum atomic E-state index is -0.983. The number of aliphatic carboxylic acids is 1. The number of nitrogens with zero attached hydrogens (tertiary/aromatic N) is 1. The molecule has 2 rings (SSSR count). The largest absolute Gasteiger partial charge is 0.480 e. The summed E-state index contributed by atoms with van der Waals surface area (Å²) in [6, 6.07) is 7.54. The second-order valence-electron chi connectivity index (χ2n) is 5.36. The number of hydrogen-bond donors (Lipinski definition) is 2. The van der Waals surface area contributed by atoms with E-state index in [4.69, 9.17) is 5.11 Å². The molecule has 1 aromatic rings. The van der Waals surface area contributed by atoms with Gasteiger partial charge in [0.25, 0.3) is 0 Å². The van der Waals surface area contributed by atoms with Gasteiger partial charge in [-0.2, -0.15) is 0 Å². The van der Waals surface area contributed by atoms with E-state index >= 15 is 0 Å². The lowest BCUT2D eigenvalue weighted by Gasteiger charge is -2.32. The number of nitrogens with one attached hydrogen (secondary N) is 1. The molecular formula is C15H20N2O3. The van der Waals surface area contributed by atoms with Crippen molar-refractivity contribution in [1.29, 1.82) is 0 Å². The molecule has 2 N–H and O–H groups in total. The van der Waals surface area contributed by atoms with Gasteiger partial charge >= 0.3 is 5.97 Å². The number of amides is 1. The van der Waals surface area contributed by atoms with E-state index in [2.05, 4.69) is 5.32 Å². The third kappa shape index (κ3) is 3.17. The highest BCUT2D eigenvalue weighted by Crippen LogP contribution is 2.18. The lowest BCUT2D eigenvalue weighted by atomic mass is 9.95. The quantitative estimate of drug-likeness (QED) is 0.861. The van der Waals surface area contributed by atoms with Gasteiger partial charge in [0, 0.05) is 12.6 Å². The van der Waals surface area contributed by atoms with Gasteiger partial charge in [-0.05, 0) is 31.4 Å². The number of benzene rings is 1. The summed E-state index contributed by atoms with van der Waals surface area (Å²) in [5.41, 5.74) is 2.36.